The van der Waals surface area contributed by atoms with E-state index in [1.54, 1.807) is 42.6 Å². The molecule has 4 aromatic rings. The quantitative estimate of drug-likeness (QED) is 0.445. The Morgan fingerprint density at radius 2 is 1.89 bits per heavy atom. The highest BCUT2D eigenvalue weighted by Gasteiger charge is 2.16. The van der Waals surface area contributed by atoms with Crippen LogP contribution in [0.15, 0.2) is 60.8 Å². The number of phenolic OH excluding ortho intramolecular Hbond substituents is 1. The smallest absolute Gasteiger partial charge is 0.250 e. The molecule has 0 radical (unpaired) electrons. The molecule has 27 heavy (non-hydrogen) atoms. The number of aliphatic hydroxyl groups is 1. The Labute approximate surface area is 154 Å². The Balaban J connectivity index is 1.83. The highest BCUT2D eigenvalue weighted by molar-refractivity contribution is 5.94. The van der Waals surface area contributed by atoms with Crippen molar-refractivity contribution in [3.05, 3.63) is 66.4 Å². The number of rotatable bonds is 4. The number of nitrogens with one attached hydrogen (secondary N) is 1. The molecule has 0 aliphatic rings. The molecule has 7 nitrogen and oxygen atoms in total. The van der Waals surface area contributed by atoms with Gasteiger partial charge < -0.3 is 15.9 Å². The third kappa shape index (κ3) is 3.00. The zero-order valence-corrected chi connectivity index (χ0v) is 14.1. The number of amides is 1. The van der Waals surface area contributed by atoms with Crippen molar-refractivity contribution in [3.8, 4) is 28.1 Å². The van der Waals surface area contributed by atoms with Crippen molar-refractivity contribution < 1.29 is 15.0 Å². The number of fused-ring (bicyclic) bond motifs is 1. The normalized spacial score (nSPS) is 12.2. The van der Waals surface area contributed by atoms with E-state index in [1.165, 1.54) is 0 Å². The molecule has 0 saturated heterocycles. The number of pyridine rings is 1. The highest BCUT2D eigenvalue weighted by atomic mass is 16.3. The molecule has 5 N–H and O–H groups in total. The SMILES string of the molecule is NC(=O)C(O)c1cccc(-c2cnc3n[nH]c(-c4ccccc4O)c3c2)c1. The molecule has 1 atom stereocenters. The molecular formula is C20H16N4O3. The second-order valence-corrected chi connectivity index (χ2v) is 6.14. The van der Waals surface area contributed by atoms with Crippen LogP contribution in [0.2, 0.25) is 0 Å². The monoisotopic (exact) mass is 360 g/mol. The summed E-state index contributed by atoms with van der Waals surface area (Å²) in [5.41, 5.74) is 8.93. The van der Waals surface area contributed by atoms with E-state index < -0.39 is 12.0 Å². The van der Waals surface area contributed by atoms with E-state index >= 15 is 0 Å². The van der Waals surface area contributed by atoms with Crippen molar-refractivity contribution in [2.75, 3.05) is 0 Å². The van der Waals surface area contributed by atoms with Gasteiger partial charge in [0.2, 0.25) is 0 Å². The number of carbonyl (C=O) groups excluding carboxylic acids is 1. The number of aromatic hydroxyl groups is 1. The van der Waals surface area contributed by atoms with Crippen LogP contribution in [-0.4, -0.2) is 31.3 Å². The number of H-pyrrole nitrogens is 1. The van der Waals surface area contributed by atoms with Crippen LogP contribution in [0.1, 0.15) is 11.7 Å². The Morgan fingerprint density at radius 1 is 1.07 bits per heavy atom. The number of benzene rings is 2. The van der Waals surface area contributed by atoms with E-state index in [4.69, 9.17) is 5.73 Å². The zero-order valence-electron chi connectivity index (χ0n) is 14.1. The highest BCUT2D eigenvalue weighted by Crippen LogP contribution is 2.34. The van der Waals surface area contributed by atoms with Crippen molar-refractivity contribution in [1.82, 2.24) is 15.2 Å². The van der Waals surface area contributed by atoms with Gasteiger partial charge in [0, 0.05) is 22.7 Å². The van der Waals surface area contributed by atoms with Crippen molar-refractivity contribution in [1.29, 1.82) is 0 Å². The molecule has 2 aromatic heterocycles. The number of phenols is 1. The van der Waals surface area contributed by atoms with E-state index in [2.05, 4.69) is 15.2 Å². The van der Waals surface area contributed by atoms with Crippen molar-refractivity contribution in [3.63, 3.8) is 0 Å². The molecule has 0 saturated carbocycles. The first-order valence-corrected chi connectivity index (χ1v) is 8.25. The topological polar surface area (TPSA) is 125 Å². The number of nitrogens with two attached hydrogens (primary N) is 1. The number of hydrogen-bond donors (Lipinski definition) is 4. The maximum Gasteiger partial charge on any atom is 0.250 e. The van der Waals surface area contributed by atoms with Crippen LogP contribution in [0, 0.1) is 0 Å². The van der Waals surface area contributed by atoms with Gasteiger partial charge in [-0.25, -0.2) is 4.98 Å². The Bertz CT molecular complexity index is 1150. The van der Waals surface area contributed by atoms with Gasteiger partial charge in [0.25, 0.3) is 5.91 Å². The number of nitrogens with zero attached hydrogens (tertiary/aromatic N) is 2. The second kappa shape index (κ2) is 6.54. The first-order chi connectivity index (χ1) is 13.0. The van der Waals surface area contributed by atoms with Crippen molar-refractivity contribution in [2.45, 2.75) is 6.10 Å². The minimum absolute atomic E-state index is 0.139. The molecule has 2 aromatic carbocycles. The van der Waals surface area contributed by atoms with E-state index in [9.17, 15) is 15.0 Å². The van der Waals surface area contributed by atoms with E-state index in [1.807, 2.05) is 18.2 Å². The van der Waals surface area contributed by atoms with E-state index in [-0.39, 0.29) is 5.75 Å². The average molecular weight is 360 g/mol. The van der Waals surface area contributed by atoms with E-state index in [0.717, 1.165) is 16.5 Å². The second-order valence-electron chi connectivity index (χ2n) is 6.14. The molecule has 1 amide bonds. The predicted octanol–water partition coefficient (Wildman–Crippen LogP) is 2.52. The van der Waals surface area contributed by atoms with Gasteiger partial charge in [-0.1, -0.05) is 30.3 Å². The number of para-hydroxylation sites is 1. The lowest BCUT2D eigenvalue weighted by atomic mass is 10.00. The Hall–Kier alpha value is -3.71. The molecular weight excluding hydrogens is 344 g/mol. The number of hydrogen-bond acceptors (Lipinski definition) is 5. The van der Waals surface area contributed by atoms with Crippen LogP contribution < -0.4 is 5.73 Å². The summed E-state index contributed by atoms with van der Waals surface area (Å²) in [5, 5.41) is 27.9. The van der Waals surface area contributed by atoms with Crippen LogP contribution in [0.4, 0.5) is 0 Å². The van der Waals surface area contributed by atoms with Gasteiger partial charge in [-0.3, -0.25) is 9.89 Å². The van der Waals surface area contributed by atoms with Crippen LogP contribution in [-0.2, 0) is 4.79 Å². The molecule has 0 aliphatic heterocycles. The van der Waals surface area contributed by atoms with Gasteiger partial charge in [-0.05, 0) is 35.4 Å². The first kappa shape index (κ1) is 16.7. The minimum atomic E-state index is -1.37. The largest absolute Gasteiger partial charge is 0.507 e. The van der Waals surface area contributed by atoms with Crippen LogP contribution in [0.25, 0.3) is 33.4 Å². The molecule has 7 heteroatoms. The minimum Gasteiger partial charge on any atom is -0.507 e. The maximum atomic E-state index is 11.2. The maximum absolute atomic E-state index is 11.2. The molecule has 134 valence electrons. The number of aliphatic hydroxyl groups excluding tert-OH is 1. The number of carbonyl (C=O) groups is 1. The summed E-state index contributed by atoms with van der Waals surface area (Å²) in [6, 6.07) is 15.8. The molecule has 1 unspecified atom stereocenters. The summed E-state index contributed by atoms with van der Waals surface area (Å²) < 4.78 is 0. The molecule has 0 spiro atoms. The summed E-state index contributed by atoms with van der Waals surface area (Å²) in [7, 11) is 0. The lowest BCUT2D eigenvalue weighted by Crippen LogP contribution is -2.20. The summed E-state index contributed by atoms with van der Waals surface area (Å²) >= 11 is 0. The number of primary amides is 1. The number of aromatic amines is 1. The van der Waals surface area contributed by atoms with Gasteiger partial charge in [-0.15, -0.1) is 0 Å². The fourth-order valence-electron chi connectivity index (χ4n) is 3.00. The molecule has 0 fully saturated rings. The fourth-order valence-corrected chi connectivity index (χ4v) is 3.00. The Morgan fingerprint density at radius 3 is 2.67 bits per heavy atom. The van der Waals surface area contributed by atoms with Gasteiger partial charge in [-0.2, -0.15) is 5.10 Å². The lowest BCUT2D eigenvalue weighted by Gasteiger charge is -2.09. The lowest BCUT2D eigenvalue weighted by molar-refractivity contribution is -0.126. The van der Waals surface area contributed by atoms with E-state index in [0.29, 0.717) is 22.5 Å². The third-order valence-electron chi connectivity index (χ3n) is 4.39. The van der Waals surface area contributed by atoms with Crippen molar-refractivity contribution in [2.24, 2.45) is 5.73 Å². The molecule has 4 rings (SSSR count). The molecule has 0 bridgehead atoms. The van der Waals surface area contributed by atoms with Gasteiger partial charge >= 0.3 is 0 Å². The van der Waals surface area contributed by atoms with Crippen LogP contribution >= 0.6 is 0 Å². The predicted molar refractivity (Wildman–Crippen MR) is 101 cm³/mol. The third-order valence-corrected chi connectivity index (χ3v) is 4.39. The average Bonchev–Trinajstić information content (AvgIpc) is 3.11. The van der Waals surface area contributed by atoms with Crippen LogP contribution in [0.5, 0.6) is 5.75 Å². The first-order valence-electron chi connectivity index (χ1n) is 8.25. The molecule has 2 heterocycles. The number of aromatic nitrogens is 3. The van der Waals surface area contributed by atoms with Gasteiger partial charge in [0.05, 0.1) is 5.69 Å². The summed E-state index contributed by atoms with van der Waals surface area (Å²) in [4.78, 5) is 15.6. The standard InChI is InChI=1S/C20H16N4O3/c21-19(27)18(26)12-5-3-4-11(8-12)13-9-15-17(23-24-20(15)22-10-13)14-6-1-2-7-16(14)25/h1-10,18,25-26H,(H2,21,27)(H,22,23,24). The van der Waals surface area contributed by atoms with Crippen molar-refractivity contribution >= 4 is 16.9 Å². The van der Waals surface area contributed by atoms with Crippen LogP contribution in [0.3, 0.4) is 0 Å². The summed E-state index contributed by atoms with van der Waals surface area (Å²) in [5.74, 6) is -0.669. The fraction of sp³-hybridized carbons (Fsp3) is 0.0500. The van der Waals surface area contributed by atoms with Gasteiger partial charge in [0.15, 0.2) is 11.8 Å². The summed E-state index contributed by atoms with van der Waals surface area (Å²) in [6.07, 6.45) is 0.292. The Kier molecular flexibility index (Phi) is 4.06. The zero-order chi connectivity index (χ0) is 19.0. The molecule has 0 aliphatic carbocycles. The summed E-state index contributed by atoms with van der Waals surface area (Å²) in [6.45, 7) is 0. The van der Waals surface area contributed by atoms with Gasteiger partial charge in [0.1, 0.15) is 5.75 Å².